The van der Waals surface area contributed by atoms with Gasteiger partial charge < -0.3 is 5.32 Å². The Bertz CT molecular complexity index is 917. The lowest BCUT2D eigenvalue weighted by Gasteiger charge is -2.22. The van der Waals surface area contributed by atoms with Gasteiger partial charge in [-0.3, -0.25) is 14.8 Å². The number of nitrogens with one attached hydrogen (secondary N) is 2. The standard InChI is InChI=1S/C17H17ClN6OS/c18-12-4-1-3-11(9-12)16-21-22-17(26-16)20-15(25)14-6-8-24(23-14)13-5-2-7-19-10-13/h1,3-4,6,8-9,13,19H,2,5,7,10H2,(H,20,22,25). The normalized spacial score (nSPS) is 17.2. The van der Waals surface area contributed by atoms with Crippen LogP contribution in [0.1, 0.15) is 29.4 Å². The Balaban J connectivity index is 1.44. The summed E-state index contributed by atoms with van der Waals surface area (Å²) in [7, 11) is 0. The number of carbonyl (C=O) groups excluding carboxylic acids is 1. The van der Waals surface area contributed by atoms with Crippen LogP contribution in [0.15, 0.2) is 36.5 Å². The second-order valence-corrected chi connectivity index (χ2v) is 7.47. The van der Waals surface area contributed by atoms with E-state index in [1.54, 1.807) is 12.1 Å². The maximum atomic E-state index is 12.4. The fraction of sp³-hybridized carbons (Fsp3) is 0.294. The number of anilines is 1. The van der Waals surface area contributed by atoms with Gasteiger partial charge in [0.1, 0.15) is 5.01 Å². The summed E-state index contributed by atoms with van der Waals surface area (Å²) in [6.45, 7) is 1.92. The molecular formula is C17H17ClN6OS. The van der Waals surface area contributed by atoms with Crippen molar-refractivity contribution in [1.82, 2.24) is 25.3 Å². The van der Waals surface area contributed by atoms with Crippen LogP contribution in [0.3, 0.4) is 0 Å². The van der Waals surface area contributed by atoms with Crippen LogP contribution >= 0.6 is 22.9 Å². The second-order valence-electron chi connectivity index (χ2n) is 6.06. The van der Waals surface area contributed by atoms with Crippen LogP contribution in [0, 0.1) is 0 Å². The Morgan fingerprint density at radius 2 is 2.27 bits per heavy atom. The van der Waals surface area contributed by atoms with Crippen LogP contribution in [0.5, 0.6) is 0 Å². The number of rotatable bonds is 4. The van der Waals surface area contributed by atoms with Gasteiger partial charge in [0.15, 0.2) is 5.69 Å². The van der Waals surface area contributed by atoms with Crippen molar-refractivity contribution in [1.29, 1.82) is 0 Å². The van der Waals surface area contributed by atoms with Gasteiger partial charge in [-0.05, 0) is 37.6 Å². The first-order valence-electron chi connectivity index (χ1n) is 8.36. The number of hydrogen-bond donors (Lipinski definition) is 2. The zero-order chi connectivity index (χ0) is 17.9. The van der Waals surface area contributed by atoms with Crippen molar-refractivity contribution < 1.29 is 4.79 Å². The maximum Gasteiger partial charge on any atom is 0.277 e. The van der Waals surface area contributed by atoms with Crippen LogP contribution in [0.25, 0.3) is 10.6 Å². The van der Waals surface area contributed by atoms with Crippen LogP contribution in [0.4, 0.5) is 5.13 Å². The van der Waals surface area contributed by atoms with Crippen LogP contribution in [-0.4, -0.2) is 39.0 Å². The number of nitrogens with zero attached hydrogens (tertiary/aromatic N) is 4. The molecule has 1 atom stereocenters. The molecule has 26 heavy (non-hydrogen) atoms. The Morgan fingerprint density at radius 3 is 3.08 bits per heavy atom. The monoisotopic (exact) mass is 388 g/mol. The van der Waals surface area contributed by atoms with Gasteiger partial charge in [-0.15, -0.1) is 10.2 Å². The van der Waals surface area contributed by atoms with Gasteiger partial charge in [0.05, 0.1) is 6.04 Å². The maximum absolute atomic E-state index is 12.4. The number of aromatic nitrogens is 4. The summed E-state index contributed by atoms with van der Waals surface area (Å²) >= 11 is 7.30. The van der Waals surface area contributed by atoms with Crippen molar-refractivity contribution in [3.05, 3.63) is 47.2 Å². The van der Waals surface area contributed by atoms with E-state index in [-0.39, 0.29) is 5.91 Å². The molecular weight excluding hydrogens is 372 g/mol. The molecule has 4 rings (SSSR count). The molecule has 1 fully saturated rings. The molecule has 0 bridgehead atoms. The van der Waals surface area contributed by atoms with E-state index in [0.29, 0.717) is 26.9 Å². The minimum Gasteiger partial charge on any atom is -0.315 e. The third-order valence-electron chi connectivity index (χ3n) is 4.20. The molecule has 0 saturated carbocycles. The van der Waals surface area contributed by atoms with Gasteiger partial charge in [0.2, 0.25) is 5.13 Å². The van der Waals surface area contributed by atoms with E-state index in [4.69, 9.17) is 11.6 Å². The van der Waals surface area contributed by atoms with E-state index in [9.17, 15) is 4.79 Å². The summed E-state index contributed by atoms with van der Waals surface area (Å²) in [6.07, 6.45) is 4.03. The highest BCUT2D eigenvalue weighted by Gasteiger charge is 2.18. The van der Waals surface area contributed by atoms with Crippen LogP contribution in [-0.2, 0) is 0 Å². The molecule has 3 heterocycles. The zero-order valence-corrected chi connectivity index (χ0v) is 15.4. The molecule has 3 aromatic rings. The summed E-state index contributed by atoms with van der Waals surface area (Å²) in [5.41, 5.74) is 1.24. The lowest BCUT2D eigenvalue weighted by Crippen LogP contribution is -2.32. The fourth-order valence-electron chi connectivity index (χ4n) is 2.89. The molecule has 0 aliphatic carbocycles. The van der Waals surface area contributed by atoms with E-state index in [0.717, 1.165) is 31.5 Å². The molecule has 0 spiro atoms. The van der Waals surface area contributed by atoms with Crippen molar-refractivity contribution in [2.75, 3.05) is 18.4 Å². The van der Waals surface area contributed by atoms with Gasteiger partial charge >= 0.3 is 0 Å². The molecule has 2 aromatic heterocycles. The third-order valence-corrected chi connectivity index (χ3v) is 5.33. The van der Waals surface area contributed by atoms with Gasteiger partial charge in [-0.2, -0.15) is 5.10 Å². The molecule has 0 radical (unpaired) electrons. The SMILES string of the molecule is O=C(Nc1nnc(-c2cccc(Cl)c2)s1)c1ccn(C2CCCNC2)n1. The molecule has 1 aliphatic heterocycles. The van der Waals surface area contributed by atoms with Crippen molar-refractivity contribution in [2.45, 2.75) is 18.9 Å². The van der Waals surface area contributed by atoms with E-state index in [1.807, 2.05) is 29.1 Å². The number of carbonyl (C=O) groups is 1. The van der Waals surface area contributed by atoms with Gasteiger partial charge in [-0.1, -0.05) is 35.1 Å². The average Bonchev–Trinajstić information content (AvgIpc) is 3.32. The Kier molecular flexibility index (Phi) is 4.96. The highest BCUT2D eigenvalue weighted by Crippen LogP contribution is 2.28. The summed E-state index contributed by atoms with van der Waals surface area (Å²) in [5.74, 6) is -0.290. The predicted octanol–water partition coefficient (Wildman–Crippen LogP) is 3.23. The minimum atomic E-state index is -0.290. The van der Waals surface area contributed by atoms with Crippen molar-refractivity contribution in [3.8, 4) is 10.6 Å². The summed E-state index contributed by atoms with van der Waals surface area (Å²) in [6, 6.07) is 9.38. The predicted molar refractivity (Wildman–Crippen MR) is 102 cm³/mol. The largest absolute Gasteiger partial charge is 0.315 e. The van der Waals surface area contributed by atoms with Crippen LogP contribution in [0.2, 0.25) is 5.02 Å². The molecule has 2 N–H and O–H groups in total. The topological polar surface area (TPSA) is 84.7 Å². The fourth-order valence-corrected chi connectivity index (χ4v) is 3.82. The van der Waals surface area contributed by atoms with Gasteiger partial charge in [0.25, 0.3) is 5.91 Å². The Labute approximate surface area is 159 Å². The Hall–Kier alpha value is -2.29. The molecule has 1 aromatic carbocycles. The Morgan fingerprint density at radius 1 is 1.35 bits per heavy atom. The number of hydrogen-bond acceptors (Lipinski definition) is 6. The number of amides is 1. The highest BCUT2D eigenvalue weighted by molar-refractivity contribution is 7.18. The van der Waals surface area contributed by atoms with Gasteiger partial charge in [-0.25, -0.2) is 0 Å². The average molecular weight is 389 g/mol. The van der Waals surface area contributed by atoms with Crippen molar-refractivity contribution in [3.63, 3.8) is 0 Å². The third kappa shape index (κ3) is 3.77. The van der Waals surface area contributed by atoms with E-state index < -0.39 is 0 Å². The first-order valence-corrected chi connectivity index (χ1v) is 9.55. The first-order chi connectivity index (χ1) is 12.7. The highest BCUT2D eigenvalue weighted by atomic mass is 35.5. The summed E-state index contributed by atoms with van der Waals surface area (Å²) in [5, 5.41) is 20.4. The lowest BCUT2D eigenvalue weighted by atomic mass is 10.1. The quantitative estimate of drug-likeness (QED) is 0.716. The molecule has 1 unspecified atom stereocenters. The number of piperidine rings is 1. The second kappa shape index (κ2) is 7.53. The van der Waals surface area contributed by atoms with Crippen LogP contribution < -0.4 is 10.6 Å². The van der Waals surface area contributed by atoms with E-state index in [1.165, 1.54) is 11.3 Å². The minimum absolute atomic E-state index is 0.290. The summed E-state index contributed by atoms with van der Waals surface area (Å²) in [4.78, 5) is 12.4. The lowest BCUT2D eigenvalue weighted by molar-refractivity contribution is 0.102. The van der Waals surface area contributed by atoms with Gasteiger partial charge in [0, 0.05) is 23.3 Å². The molecule has 134 valence electrons. The number of halogens is 1. The number of benzene rings is 1. The molecule has 1 amide bonds. The van der Waals surface area contributed by atoms with Crippen molar-refractivity contribution in [2.24, 2.45) is 0 Å². The molecule has 7 nitrogen and oxygen atoms in total. The smallest absolute Gasteiger partial charge is 0.277 e. The molecule has 1 saturated heterocycles. The zero-order valence-electron chi connectivity index (χ0n) is 13.9. The molecule has 1 aliphatic rings. The van der Waals surface area contributed by atoms with E-state index >= 15 is 0 Å². The van der Waals surface area contributed by atoms with E-state index in [2.05, 4.69) is 25.9 Å². The molecule has 9 heteroatoms. The summed E-state index contributed by atoms with van der Waals surface area (Å²) < 4.78 is 1.86. The first kappa shape index (κ1) is 17.1. The van der Waals surface area contributed by atoms with Crippen molar-refractivity contribution >= 4 is 34.0 Å².